The molecule has 0 aliphatic rings. The first-order valence-corrected chi connectivity index (χ1v) is 10.6. The van der Waals surface area contributed by atoms with Gasteiger partial charge in [0.05, 0.1) is 7.11 Å². The zero-order chi connectivity index (χ0) is 20.4. The van der Waals surface area contributed by atoms with Crippen molar-refractivity contribution in [2.24, 2.45) is 0 Å². The van der Waals surface area contributed by atoms with Crippen molar-refractivity contribution in [1.29, 1.82) is 0 Å². The van der Waals surface area contributed by atoms with E-state index in [-0.39, 0.29) is 22.1 Å². The molecule has 0 heterocycles. The number of amides is 1. The predicted octanol–water partition coefficient (Wildman–Crippen LogP) is 3.83. The Balaban J connectivity index is 2.47. The predicted molar refractivity (Wildman–Crippen MR) is 110 cm³/mol. The second-order valence-electron chi connectivity index (χ2n) is 6.22. The Morgan fingerprint density at radius 1 is 1.22 bits per heavy atom. The fourth-order valence-corrected chi connectivity index (χ4v) is 4.37. The first kappa shape index (κ1) is 21.4. The van der Waals surface area contributed by atoms with Gasteiger partial charge in [0.15, 0.2) is 0 Å². The Morgan fingerprint density at radius 2 is 1.89 bits per heavy atom. The molecule has 0 saturated heterocycles. The van der Waals surface area contributed by atoms with Crippen LogP contribution in [0.4, 0.5) is 5.69 Å². The molecular weight excluding hydrogens is 432 g/mol. The van der Waals surface area contributed by atoms with Crippen LogP contribution in [-0.2, 0) is 16.4 Å². The Hall–Kier alpha value is -1.90. The lowest BCUT2D eigenvalue weighted by atomic mass is 10.1. The van der Waals surface area contributed by atoms with Crippen molar-refractivity contribution < 1.29 is 17.9 Å². The van der Waals surface area contributed by atoms with Gasteiger partial charge in [-0.1, -0.05) is 22.9 Å². The number of carbonyl (C=O) groups is 1. The van der Waals surface area contributed by atoms with Gasteiger partial charge in [-0.2, -0.15) is 0 Å². The number of ether oxygens (including phenoxy) is 1. The summed E-state index contributed by atoms with van der Waals surface area (Å²) in [5.74, 6) is -0.192. The van der Waals surface area contributed by atoms with E-state index in [1.807, 2.05) is 26.0 Å². The summed E-state index contributed by atoms with van der Waals surface area (Å²) in [6.45, 7) is 3.92. The van der Waals surface area contributed by atoms with Gasteiger partial charge in [0, 0.05) is 29.8 Å². The molecule has 0 unspecified atom stereocenters. The van der Waals surface area contributed by atoms with Gasteiger partial charge in [0.25, 0.3) is 5.91 Å². The molecule has 146 valence electrons. The molecule has 0 radical (unpaired) electrons. The number of nitrogens with zero attached hydrogens (tertiary/aromatic N) is 1. The summed E-state index contributed by atoms with van der Waals surface area (Å²) in [5.41, 5.74) is 2.88. The van der Waals surface area contributed by atoms with Crippen molar-refractivity contribution >= 4 is 37.5 Å². The first-order chi connectivity index (χ1) is 12.6. The van der Waals surface area contributed by atoms with Crippen LogP contribution in [0.15, 0.2) is 39.7 Å². The van der Waals surface area contributed by atoms with Gasteiger partial charge in [-0.15, -0.1) is 0 Å². The van der Waals surface area contributed by atoms with E-state index in [4.69, 9.17) is 4.74 Å². The largest absolute Gasteiger partial charge is 0.495 e. The van der Waals surface area contributed by atoms with Crippen molar-refractivity contribution in [2.45, 2.75) is 25.2 Å². The minimum Gasteiger partial charge on any atom is -0.495 e. The third kappa shape index (κ3) is 4.51. The average molecular weight is 455 g/mol. The van der Waals surface area contributed by atoms with Gasteiger partial charge in [0.2, 0.25) is 10.0 Å². The Bertz CT molecular complexity index is 972. The molecule has 2 aromatic carbocycles. The summed E-state index contributed by atoms with van der Waals surface area (Å²) in [4.78, 5) is 12.7. The van der Waals surface area contributed by atoms with E-state index < -0.39 is 10.0 Å². The van der Waals surface area contributed by atoms with Gasteiger partial charge in [-0.05, 0) is 54.8 Å². The Morgan fingerprint density at radius 3 is 2.44 bits per heavy atom. The molecule has 1 N–H and O–H groups in total. The van der Waals surface area contributed by atoms with E-state index in [9.17, 15) is 13.2 Å². The third-order valence-electron chi connectivity index (χ3n) is 4.19. The van der Waals surface area contributed by atoms with Crippen LogP contribution in [0.2, 0.25) is 0 Å². The molecule has 0 aliphatic carbocycles. The highest BCUT2D eigenvalue weighted by Gasteiger charge is 2.24. The quantitative estimate of drug-likeness (QED) is 0.719. The number of hydrogen-bond acceptors (Lipinski definition) is 4. The fourth-order valence-electron chi connectivity index (χ4n) is 2.67. The van der Waals surface area contributed by atoms with Crippen LogP contribution < -0.4 is 10.1 Å². The third-order valence-corrected chi connectivity index (χ3v) is 6.48. The molecule has 0 atom stereocenters. The van der Waals surface area contributed by atoms with E-state index in [1.54, 1.807) is 6.07 Å². The Kier molecular flexibility index (Phi) is 6.67. The number of benzene rings is 2. The van der Waals surface area contributed by atoms with E-state index in [0.717, 1.165) is 32.0 Å². The van der Waals surface area contributed by atoms with E-state index in [1.165, 1.54) is 33.3 Å². The van der Waals surface area contributed by atoms with Crippen LogP contribution in [0, 0.1) is 6.92 Å². The fraction of sp³-hybridized carbons (Fsp3) is 0.316. The highest BCUT2D eigenvalue weighted by atomic mass is 79.9. The zero-order valence-electron chi connectivity index (χ0n) is 16.0. The smallest absolute Gasteiger partial charge is 0.255 e. The highest BCUT2D eigenvalue weighted by molar-refractivity contribution is 9.10. The monoisotopic (exact) mass is 454 g/mol. The van der Waals surface area contributed by atoms with E-state index >= 15 is 0 Å². The van der Waals surface area contributed by atoms with Crippen LogP contribution in [0.5, 0.6) is 5.75 Å². The van der Waals surface area contributed by atoms with Crippen molar-refractivity contribution in [3.63, 3.8) is 0 Å². The average Bonchev–Trinajstić information content (AvgIpc) is 2.62. The highest BCUT2D eigenvalue weighted by Crippen LogP contribution is 2.29. The van der Waals surface area contributed by atoms with Crippen LogP contribution in [0.3, 0.4) is 0 Å². The summed E-state index contributed by atoms with van der Waals surface area (Å²) in [6.07, 6.45) is 0.749. The van der Waals surface area contributed by atoms with Crippen molar-refractivity contribution in [2.75, 3.05) is 26.5 Å². The summed E-state index contributed by atoms with van der Waals surface area (Å²) in [6, 6.07) is 8.25. The number of rotatable bonds is 6. The van der Waals surface area contributed by atoms with Gasteiger partial charge in [-0.25, -0.2) is 12.7 Å². The molecule has 0 aromatic heterocycles. The van der Waals surface area contributed by atoms with E-state index in [2.05, 4.69) is 21.2 Å². The van der Waals surface area contributed by atoms with Crippen molar-refractivity contribution in [3.05, 3.63) is 51.5 Å². The van der Waals surface area contributed by atoms with Gasteiger partial charge in [0.1, 0.15) is 10.6 Å². The molecule has 1 amide bonds. The molecule has 6 nitrogen and oxygen atoms in total. The maximum atomic E-state index is 12.8. The number of carbonyl (C=O) groups excluding carboxylic acids is 1. The molecule has 0 aliphatic heterocycles. The molecule has 2 rings (SSSR count). The molecule has 0 saturated carbocycles. The van der Waals surface area contributed by atoms with Crippen LogP contribution >= 0.6 is 15.9 Å². The summed E-state index contributed by atoms with van der Waals surface area (Å²) < 4.78 is 32.3. The number of sulfonamides is 1. The number of methoxy groups -OCH3 is 1. The lowest BCUT2D eigenvalue weighted by Gasteiger charge is -2.17. The summed E-state index contributed by atoms with van der Waals surface area (Å²) in [7, 11) is 0.500. The maximum absolute atomic E-state index is 12.8. The van der Waals surface area contributed by atoms with Crippen LogP contribution in [0.1, 0.15) is 28.4 Å². The molecule has 2 aromatic rings. The minimum absolute atomic E-state index is 0.0501. The number of nitrogens with one attached hydrogen (secondary N) is 1. The maximum Gasteiger partial charge on any atom is 0.255 e. The van der Waals surface area contributed by atoms with Crippen LogP contribution in [-0.4, -0.2) is 39.8 Å². The molecule has 0 fully saturated rings. The lowest BCUT2D eigenvalue weighted by molar-refractivity contribution is 0.102. The van der Waals surface area contributed by atoms with Gasteiger partial charge in [-0.3, -0.25) is 4.79 Å². The molecule has 8 heteroatoms. The minimum atomic E-state index is -3.75. The van der Waals surface area contributed by atoms with Gasteiger partial charge >= 0.3 is 0 Å². The van der Waals surface area contributed by atoms with Gasteiger partial charge < -0.3 is 10.1 Å². The normalized spacial score (nSPS) is 11.5. The summed E-state index contributed by atoms with van der Waals surface area (Å²) >= 11 is 3.46. The van der Waals surface area contributed by atoms with Crippen molar-refractivity contribution in [1.82, 2.24) is 4.31 Å². The second-order valence-corrected chi connectivity index (χ2v) is 9.25. The number of anilines is 1. The molecular formula is C19H23BrN2O4S. The van der Waals surface area contributed by atoms with E-state index in [0.29, 0.717) is 0 Å². The van der Waals surface area contributed by atoms with Crippen molar-refractivity contribution in [3.8, 4) is 5.75 Å². The zero-order valence-corrected chi connectivity index (χ0v) is 18.4. The molecule has 0 spiro atoms. The standard InChI is InChI=1S/C19H23BrN2O4S/c1-6-13-10-15(20)9-12(2)18(13)21-19(23)14-7-8-16(26-5)17(11-14)27(24,25)22(3)4/h7-11H,6H2,1-5H3,(H,21,23). The number of halogens is 1. The molecule has 27 heavy (non-hydrogen) atoms. The Labute approximate surface area is 168 Å². The second kappa shape index (κ2) is 8.41. The SMILES string of the molecule is CCc1cc(Br)cc(C)c1NC(=O)c1ccc(OC)c(S(=O)(=O)N(C)C)c1. The molecule has 0 bridgehead atoms. The number of hydrogen-bond donors (Lipinski definition) is 1. The number of aryl methyl sites for hydroxylation is 2. The topological polar surface area (TPSA) is 75.7 Å². The van der Waals surface area contributed by atoms with Crippen LogP contribution in [0.25, 0.3) is 0 Å². The summed E-state index contributed by atoms with van der Waals surface area (Å²) in [5, 5.41) is 2.91. The first-order valence-electron chi connectivity index (χ1n) is 8.32. The lowest BCUT2D eigenvalue weighted by Crippen LogP contribution is -2.23.